The normalized spacial score (nSPS) is 11.9. The highest BCUT2D eigenvalue weighted by Gasteiger charge is 2.24. The summed E-state index contributed by atoms with van der Waals surface area (Å²) in [6.07, 6.45) is 0.613. The Morgan fingerprint density at radius 2 is 1.29 bits per heavy atom. The maximum atomic E-state index is 13.1. The number of halogens is 5. The first-order valence-corrected chi connectivity index (χ1v) is 4.93. The average Bonchev–Trinajstić information content (AvgIpc) is 2.33. The molecule has 0 fully saturated rings. The minimum atomic E-state index is -2.17. The average molecular weight is 248 g/mol. The second-order valence-electron chi connectivity index (χ2n) is 3.52. The molecule has 0 saturated heterocycles. The summed E-state index contributed by atoms with van der Waals surface area (Å²) in [7, 11) is 0. The van der Waals surface area contributed by atoms with Crippen LogP contribution in [-0.4, -0.2) is 0 Å². The zero-order chi connectivity index (χ0) is 13.2. The van der Waals surface area contributed by atoms with Crippen molar-refractivity contribution in [2.45, 2.75) is 20.3 Å². The molecule has 0 saturated carbocycles. The molecule has 0 aliphatic carbocycles. The van der Waals surface area contributed by atoms with Gasteiger partial charge in [0.2, 0.25) is 5.82 Å². The van der Waals surface area contributed by atoms with E-state index in [1.54, 1.807) is 13.8 Å². The summed E-state index contributed by atoms with van der Waals surface area (Å²) in [6.45, 7) is 3.47. The molecule has 0 radical (unpaired) electrons. The van der Waals surface area contributed by atoms with Crippen LogP contribution in [0.15, 0.2) is 0 Å². The first kappa shape index (κ1) is 13.5. The second kappa shape index (κ2) is 5.17. The minimum absolute atomic E-state index is 0.190. The molecule has 1 atom stereocenters. The van der Waals surface area contributed by atoms with E-state index in [2.05, 4.69) is 5.92 Å². The molecule has 0 amide bonds. The highest BCUT2D eigenvalue weighted by atomic mass is 19.2. The molecule has 1 unspecified atom stereocenters. The lowest BCUT2D eigenvalue weighted by Crippen LogP contribution is -2.04. The van der Waals surface area contributed by atoms with Crippen LogP contribution in [0.25, 0.3) is 0 Å². The van der Waals surface area contributed by atoms with E-state index >= 15 is 0 Å². The van der Waals surface area contributed by atoms with Crippen molar-refractivity contribution in [2.75, 3.05) is 0 Å². The van der Waals surface area contributed by atoms with Gasteiger partial charge in [-0.3, -0.25) is 0 Å². The number of hydrogen-bond acceptors (Lipinski definition) is 0. The van der Waals surface area contributed by atoms with Crippen molar-refractivity contribution < 1.29 is 22.0 Å². The monoisotopic (exact) mass is 248 g/mol. The van der Waals surface area contributed by atoms with E-state index < -0.39 is 34.6 Å². The van der Waals surface area contributed by atoms with Crippen molar-refractivity contribution >= 4 is 0 Å². The Morgan fingerprint density at radius 3 is 1.71 bits per heavy atom. The summed E-state index contributed by atoms with van der Waals surface area (Å²) in [6, 6.07) is 0. The zero-order valence-corrected chi connectivity index (χ0v) is 9.17. The molecule has 0 N–H and O–H groups in total. The maximum Gasteiger partial charge on any atom is 0.200 e. The molecule has 0 heterocycles. The quantitative estimate of drug-likeness (QED) is 0.307. The lowest BCUT2D eigenvalue weighted by Gasteiger charge is -2.02. The largest absolute Gasteiger partial charge is 0.202 e. The Hall–Kier alpha value is -1.57. The van der Waals surface area contributed by atoms with Crippen molar-refractivity contribution in [3.05, 3.63) is 34.6 Å². The topological polar surface area (TPSA) is 0 Å². The standard InChI is InChI=1S/C12H9F5/c1-3-6(2)4-5-7-8(13)10(15)12(17)11(16)9(7)14/h6H,3H2,1-2H3. The minimum Gasteiger partial charge on any atom is -0.202 e. The molecule has 0 nitrogen and oxygen atoms in total. The van der Waals surface area contributed by atoms with Crippen molar-refractivity contribution in [2.24, 2.45) is 5.92 Å². The van der Waals surface area contributed by atoms with Crippen LogP contribution in [0.1, 0.15) is 25.8 Å². The highest BCUT2D eigenvalue weighted by Crippen LogP contribution is 2.22. The molecule has 1 aromatic carbocycles. The number of rotatable bonds is 1. The molecule has 92 valence electrons. The Kier molecular flexibility index (Phi) is 4.11. The van der Waals surface area contributed by atoms with E-state index in [1.807, 2.05) is 5.92 Å². The molecule has 0 spiro atoms. The molecule has 1 aromatic rings. The van der Waals surface area contributed by atoms with E-state index in [0.717, 1.165) is 0 Å². The molecule has 17 heavy (non-hydrogen) atoms. The molecule has 0 aliphatic rings. The lowest BCUT2D eigenvalue weighted by atomic mass is 10.1. The molecular formula is C12H9F5. The molecular weight excluding hydrogens is 239 g/mol. The van der Waals surface area contributed by atoms with Gasteiger partial charge in [-0.25, -0.2) is 22.0 Å². The Bertz CT molecular complexity index is 467. The van der Waals surface area contributed by atoms with Crippen LogP contribution in [0.2, 0.25) is 0 Å². The van der Waals surface area contributed by atoms with Gasteiger partial charge in [0.25, 0.3) is 0 Å². The van der Waals surface area contributed by atoms with Gasteiger partial charge in [-0.2, -0.15) is 0 Å². The van der Waals surface area contributed by atoms with Gasteiger partial charge in [0.05, 0.1) is 0 Å². The van der Waals surface area contributed by atoms with Gasteiger partial charge in [0, 0.05) is 5.92 Å². The van der Waals surface area contributed by atoms with Gasteiger partial charge in [0.1, 0.15) is 5.56 Å². The van der Waals surface area contributed by atoms with Gasteiger partial charge < -0.3 is 0 Å². The van der Waals surface area contributed by atoms with Crippen molar-refractivity contribution in [1.29, 1.82) is 0 Å². The third-order valence-electron chi connectivity index (χ3n) is 2.27. The Labute approximate surface area is 95.4 Å². The predicted molar refractivity (Wildman–Crippen MR) is 52.6 cm³/mol. The van der Waals surface area contributed by atoms with Gasteiger partial charge in [-0.15, -0.1) is 0 Å². The van der Waals surface area contributed by atoms with Gasteiger partial charge >= 0.3 is 0 Å². The lowest BCUT2D eigenvalue weighted by molar-refractivity contribution is 0.376. The molecule has 0 bridgehead atoms. The summed E-state index contributed by atoms with van der Waals surface area (Å²) in [5.74, 6) is -5.68. The van der Waals surface area contributed by atoms with E-state index in [4.69, 9.17) is 0 Å². The zero-order valence-electron chi connectivity index (χ0n) is 9.17. The summed E-state index contributed by atoms with van der Waals surface area (Å²) >= 11 is 0. The van der Waals surface area contributed by atoms with Gasteiger partial charge in [-0.05, 0) is 6.42 Å². The van der Waals surface area contributed by atoms with E-state index in [9.17, 15) is 22.0 Å². The van der Waals surface area contributed by atoms with Gasteiger partial charge in [-0.1, -0.05) is 25.7 Å². The van der Waals surface area contributed by atoms with Crippen LogP contribution in [0.4, 0.5) is 22.0 Å². The van der Waals surface area contributed by atoms with Crippen LogP contribution in [0.3, 0.4) is 0 Å². The summed E-state index contributed by atoms with van der Waals surface area (Å²) in [5, 5.41) is 0. The number of benzene rings is 1. The van der Waals surface area contributed by atoms with E-state index in [0.29, 0.717) is 6.42 Å². The summed E-state index contributed by atoms with van der Waals surface area (Å²) in [4.78, 5) is 0. The first-order valence-electron chi connectivity index (χ1n) is 4.93. The fourth-order valence-electron chi connectivity index (χ4n) is 1.01. The third kappa shape index (κ3) is 2.57. The molecule has 0 aliphatic heterocycles. The molecule has 5 heteroatoms. The summed E-state index contributed by atoms with van der Waals surface area (Å²) in [5.41, 5.74) is -1.08. The van der Waals surface area contributed by atoms with Crippen LogP contribution in [0.5, 0.6) is 0 Å². The Balaban J connectivity index is 3.38. The third-order valence-corrected chi connectivity index (χ3v) is 2.27. The first-order chi connectivity index (χ1) is 7.90. The Morgan fingerprint density at radius 1 is 0.882 bits per heavy atom. The van der Waals surface area contributed by atoms with Crippen molar-refractivity contribution in [3.8, 4) is 11.8 Å². The van der Waals surface area contributed by atoms with Crippen LogP contribution in [0, 0.1) is 46.8 Å². The van der Waals surface area contributed by atoms with Crippen molar-refractivity contribution in [1.82, 2.24) is 0 Å². The van der Waals surface area contributed by atoms with E-state index in [1.165, 1.54) is 0 Å². The SMILES string of the molecule is CCC(C)C#Cc1c(F)c(F)c(F)c(F)c1F. The fourth-order valence-corrected chi connectivity index (χ4v) is 1.01. The second-order valence-corrected chi connectivity index (χ2v) is 3.52. The smallest absolute Gasteiger partial charge is 0.200 e. The maximum absolute atomic E-state index is 13.1. The van der Waals surface area contributed by atoms with Crippen molar-refractivity contribution in [3.63, 3.8) is 0 Å². The fraction of sp³-hybridized carbons (Fsp3) is 0.333. The number of hydrogen-bond donors (Lipinski definition) is 0. The highest BCUT2D eigenvalue weighted by molar-refractivity contribution is 5.38. The molecule has 1 rings (SSSR count). The van der Waals surface area contributed by atoms with E-state index in [-0.39, 0.29) is 5.92 Å². The molecule has 0 aromatic heterocycles. The summed E-state index contributed by atoms with van der Waals surface area (Å²) < 4.78 is 64.5. The predicted octanol–water partition coefficient (Wildman–Crippen LogP) is 3.78. The van der Waals surface area contributed by atoms with Gasteiger partial charge in [0.15, 0.2) is 23.3 Å². The van der Waals surface area contributed by atoms with Crippen LogP contribution in [-0.2, 0) is 0 Å². The van der Waals surface area contributed by atoms with Crippen LogP contribution >= 0.6 is 0 Å². The van der Waals surface area contributed by atoms with Crippen LogP contribution < -0.4 is 0 Å².